The van der Waals surface area contributed by atoms with Gasteiger partial charge in [-0.25, -0.2) is 0 Å². The van der Waals surface area contributed by atoms with Crippen LogP contribution in [0.3, 0.4) is 0 Å². The molecule has 0 aromatic heterocycles. The molecule has 0 radical (unpaired) electrons. The molecule has 0 bridgehead atoms. The normalized spacial score (nSPS) is 30.9. The first-order valence-corrected chi connectivity index (χ1v) is 8.73. The Morgan fingerprint density at radius 1 is 1.24 bits per heavy atom. The SMILES string of the molecule is CCOC1(OCC)C[C@H]([S@](=O)c2ccc(C)cc2)[C@@H]2O[C@@H]21. The van der Waals surface area contributed by atoms with E-state index in [1.807, 2.05) is 45.0 Å². The van der Waals surface area contributed by atoms with Gasteiger partial charge in [-0.2, -0.15) is 0 Å². The molecule has 116 valence electrons. The molecular weight excluding hydrogens is 288 g/mol. The maximum absolute atomic E-state index is 12.8. The van der Waals surface area contributed by atoms with Crippen LogP contribution in [-0.2, 0) is 25.0 Å². The zero-order valence-corrected chi connectivity index (χ0v) is 13.5. The number of ether oxygens (including phenoxy) is 3. The number of fused-ring (bicyclic) bond motifs is 1. The highest BCUT2D eigenvalue weighted by atomic mass is 32.2. The lowest BCUT2D eigenvalue weighted by molar-refractivity contribution is -0.243. The predicted molar refractivity (Wildman–Crippen MR) is 80.6 cm³/mol. The summed E-state index contributed by atoms with van der Waals surface area (Å²) in [5.74, 6) is -0.709. The second-order valence-electron chi connectivity index (χ2n) is 5.55. The largest absolute Gasteiger partial charge is 0.362 e. The molecule has 5 heteroatoms. The lowest BCUT2D eigenvalue weighted by Gasteiger charge is -2.30. The van der Waals surface area contributed by atoms with Crippen LogP contribution in [0.15, 0.2) is 29.2 Å². The molecule has 1 aliphatic carbocycles. The smallest absolute Gasteiger partial charge is 0.198 e. The number of epoxide rings is 1. The molecule has 1 saturated carbocycles. The average molecular weight is 310 g/mol. The zero-order chi connectivity index (χ0) is 15.0. The van der Waals surface area contributed by atoms with Crippen LogP contribution in [0.5, 0.6) is 0 Å². The minimum atomic E-state index is -1.09. The van der Waals surface area contributed by atoms with Crippen LogP contribution in [0, 0.1) is 6.92 Å². The second-order valence-corrected chi connectivity index (χ2v) is 7.22. The Bertz CT molecular complexity index is 522. The van der Waals surface area contributed by atoms with Crippen molar-refractivity contribution in [3.8, 4) is 0 Å². The molecule has 2 fully saturated rings. The number of aryl methyl sites for hydroxylation is 1. The van der Waals surface area contributed by atoms with Crippen LogP contribution in [0.25, 0.3) is 0 Å². The standard InChI is InChI=1S/C16H22O4S/c1-4-18-16(19-5-2)10-13(14-15(16)20-14)21(17)12-8-6-11(3)7-9-12/h6-9,13-15H,4-5,10H2,1-3H3/t13-,14-,15-,21+/m0/s1. The third-order valence-corrected chi connectivity index (χ3v) is 5.84. The third kappa shape index (κ3) is 2.68. The van der Waals surface area contributed by atoms with Crippen LogP contribution < -0.4 is 0 Å². The van der Waals surface area contributed by atoms with Crippen LogP contribution in [0.1, 0.15) is 25.8 Å². The topological polar surface area (TPSA) is 48.1 Å². The van der Waals surface area contributed by atoms with E-state index in [2.05, 4.69) is 0 Å². The van der Waals surface area contributed by atoms with Gasteiger partial charge in [-0.05, 0) is 32.9 Å². The van der Waals surface area contributed by atoms with Crippen LogP contribution in [0.4, 0.5) is 0 Å². The van der Waals surface area contributed by atoms with Crippen LogP contribution in [-0.4, -0.2) is 40.7 Å². The van der Waals surface area contributed by atoms with Crippen molar-refractivity contribution < 1.29 is 18.4 Å². The Kier molecular flexibility index (Phi) is 4.19. The number of benzene rings is 1. The molecule has 3 rings (SSSR count). The molecule has 21 heavy (non-hydrogen) atoms. The van der Waals surface area contributed by atoms with Gasteiger partial charge in [0, 0.05) is 24.5 Å². The van der Waals surface area contributed by atoms with E-state index in [9.17, 15) is 4.21 Å². The highest BCUT2D eigenvalue weighted by molar-refractivity contribution is 7.85. The molecule has 1 saturated heterocycles. The second kappa shape index (κ2) is 5.80. The molecule has 2 aliphatic rings. The summed E-state index contributed by atoms with van der Waals surface area (Å²) < 4.78 is 30.2. The highest BCUT2D eigenvalue weighted by Crippen LogP contribution is 2.51. The first-order valence-electron chi connectivity index (χ1n) is 7.52. The summed E-state index contributed by atoms with van der Waals surface area (Å²) in [5.41, 5.74) is 1.17. The number of hydrogen-bond donors (Lipinski definition) is 0. The Labute approximate surface area is 128 Å². The molecule has 4 nitrogen and oxygen atoms in total. The van der Waals surface area contributed by atoms with Crippen molar-refractivity contribution >= 4 is 10.8 Å². The lowest BCUT2D eigenvalue weighted by Crippen LogP contribution is -2.41. The number of rotatable bonds is 6. The molecule has 0 amide bonds. The van der Waals surface area contributed by atoms with E-state index in [1.54, 1.807) is 0 Å². The van der Waals surface area contributed by atoms with Crippen LogP contribution in [0.2, 0.25) is 0 Å². The maximum atomic E-state index is 12.8. The fourth-order valence-corrected chi connectivity index (χ4v) is 4.72. The summed E-state index contributed by atoms with van der Waals surface area (Å²) in [5, 5.41) is -0.0594. The van der Waals surface area contributed by atoms with E-state index in [0.717, 1.165) is 4.90 Å². The Morgan fingerprint density at radius 2 is 1.86 bits per heavy atom. The molecule has 1 aliphatic heterocycles. The van der Waals surface area contributed by atoms with Gasteiger partial charge in [0.2, 0.25) is 0 Å². The quantitative estimate of drug-likeness (QED) is 0.598. The van der Waals surface area contributed by atoms with Crippen LogP contribution >= 0.6 is 0 Å². The van der Waals surface area contributed by atoms with E-state index in [1.165, 1.54) is 5.56 Å². The van der Waals surface area contributed by atoms with E-state index in [-0.39, 0.29) is 17.5 Å². The van der Waals surface area contributed by atoms with E-state index < -0.39 is 16.6 Å². The molecule has 0 spiro atoms. The van der Waals surface area contributed by atoms with E-state index in [0.29, 0.717) is 19.6 Å². The summed E-state index contributed by atoms with van der Waals surface area (Å²) in [6.07, 6.45) is 0.548. The van der Waals surface area contributed by atoms with E-state index in [4.69, 9.17) is 14.2 Å². The molecular formula is C16H22O4S. The fourth-order valence-electron chi connectivity index (χ4n) is 3.13. The minimum Gasteiger partial charge on any atom is -0.362 e. The summed E-state index contributed by atoms with van der Waals surface area (Å²) in [6.45, 7) is 7.05. The predicted octanol–water partition coefficient (Wildman–Crippen LogP) is 2.41. The maximum Gasteiger partial charge on any atom is 0.198 e. The third-order valence-electron chi connectivity index (χ3n) is 4.12. The van der Waals surface area contributed by atoms with Crippen molar-refractivity contribution in [1.29, 1.82) is 0 Å². The van der Waals surface area contributed by atoms with E-state index >= 15 is 0 Å². The minimum absolute atomic E-state index is 0.00904. The Morgan fingerprint density at radius 3 is 2.43 bits per heavy atom. The summed E-state index contributed by atoms with van der Waals surface area (Å²) >= 11 is 0. The summed E-state index contributed by atoms with van der Waals surface area (Å²) in [7, 11) is -1.09. The van der Waals surface area contributed by atoms with Crippen molar-refractivity contribution in [2.24, 2.45) is 0 Å². The van der Waals surface area contributed by atoms with Gasteiger partial charge in [0.25, 0.3) is 0 Å². The van der Waals surface area contributed by atoms with Gasteiger partial charge in [-0.15, -0.1) is 0 Å². The van der Waals surface area contributed by atoms with Crippen molar-refractivity contribution in [2.45, 2.75) is 55.3 Å². The first-order chi connectivity index (χ1) is 10.1. The number of hydrogen-bond acceptors (Lipinski definition) is 4. The summed E-state index contributed by atoms with van der Waals surface area (Å²) in [6, 6.07) is 7.85. The molecule has 1 heterocycles. The highest BCUT2D eigenvalue weighted by Gasteiger charge is 2.68. The molecule has 1 aromatic carbocycles. The Balaban J connectivity index is 1.79. The van der Waals surface area contributed by atoms with Gasteiger partial charge >= 0.3 is 0 Å². The average Bonchev–Trinajstić information content (AvgIpc) is 3.21. The summed E-state index contributed by atoms with van der Waals surface area (Å²) in [4.78, 5) is 0.851. The van der Waals surface area contributed by atoms with Crippen molar-refractivity contribution in [3.63, 3.8) is 0 Å². The molecule has 4 atom stereocenters. The monoisotopic (exact) mass is 310 g/mol. The van der Waals surface area contributed by atoms with Gasteiger partial charge in [0.15, 0.2) is 5.79 Å². The first kappa shape index (κ1) is 15.2. The Hall–Kier alpha value is -0.750. The van der Waals surface area contributed by atoms with Gasteiger partial charge in [0.05, 0.1) is 16.0 Å². The van der Waals surface area contributed by atoms with Gasteiger partial charge < -0.3 is 14.2 Å². The fraction of sp³-hybridized carbons (Fsp3) is 0.625. The molecule has 0 N–H and O–H groups in total. The zero-order valence-electron chi connectivity index (χ0n) is 12.7. The van der Waals surface area contributed by atoms with Gasteiger partial charge in [-0.1, -0.05) is 17.7 Å². The van der Waals surface area contributed by atoms with Gasteiger partial charge in [-0.3, -0.25) is 4.21 Å². The van der Waals surface area contributed by atoms with Crippen molar-refractivity contribution in [3.05, 3.63) is 29.8 Å². The van der Waals surface area contributed by atoms with Crippen molar-refractivity contribution in [1.82, 2.24) is 0 Å². The van der Waals surface area contributed by atoms with Gasteiger partial charge in [0.1, 0.15) is 12.2 Å². The molecule has 1 aromatic rings. The molecule has 0 unspecified atom stereocenters. The lowest BCUT2D eigenvalue weighted by atomic mass is 10.2. The van der Waals surface area contributed by atoms with Crippen molar-refractivity contribution in [2.75, 3.05) is 13.2 Å².